The number of nitrogens with one attached hydrogen (secondary N) is 2. The van der Waals surface area contributed by atoms with Gasteiger partial charge in [0.2, 0.25) is 5.91 Å². The Balaban J connectivity index is 1.87. The molecule has 0 spiro atoms. The van der Waals surface area contributed by atoms with E-state index in [9.17, 15) is 4.79 Å². The van der Waals surface area contributed by atoms with Gasteiger partial charge in [0.1, 0.15) is 0 Å². The van der Waals surface area contributed by atoms with Gasteiger partial charge in [-0.05, 0) is 36.2 Å². The lowest BCUT2D eigenvalue weighted by atomic mass is 10.2. The van der Waals surface area contributed by atoms with E-state index in [1.54, 1.807) is 0 Å². The molecule has 0 radical (unpaired) electrons. The van der Waals surface area contributed by atoms with Gasteiger partial charge in [-0.1, -0.05) is 37.3 Å². The molecule has 0 saturated carbocycles. The lowest BCUT2D eigenvalue weighted by Crippen LogP contribution is -2.10. The highest BCUT2D eigenvalue weighted by Gasteiger charge is 2.00. The molecule has 0 saturated heterocycles. The zero-order valence-electron chi connectivity index (χ0n) is 11.7. The maximum Gasteiger partial charge on any atom is 0.224 e. The number of carbonyl (C=O) groups excluding carboxylic acids is 1. The van der Waals surface area contributed by atoms with Crippen molar-refractivity contribution >= 4 is 17.3 Å². The van der Waals surface area contributed by atoms with Crippen LogP contribution in [0.1, 0.15) is 25.3 Å². The molecule has 2 N–H and O–H groups in total. The van der Waals surface area contributed by atoms with Crippen LogP contribution in [0.3, 0.4) is 0 Å². The van der Waals surface area contributed by atoms with Gasteiger partial charge in [-0.15, -0.1) is 0 Å². The Morgan fingerprint density at radius 3 is 2.25 bits per heavy atom. The molecule has 20 heavy (non-hydrogen) atoms. The van der Waals surface area contributed by atoms with Crippen molar-refractivity contribution in [2.45, 2.75) is 26.3 Å². The predicted molar refractivity (Wildman–Crippen MR) is 83.7 cm³/mol. The van der Waals surface area contributed by atoms with Crippen molar-refractivity contribution in [3.05, 3.63) is 60.2 Å². The van der Waals surface area contributed by atoms with E-state index in [0.29, 0.717) is 6.42 Å². The van der Waals surface area contributed by atoms with Crippen LogP contribution in [-0.2, 0) is 11.3 Å². The van der Waals surface area contributed by atoms with E-state index in [0.717, 1.165) is 24.3 Å². The predicted octanol–water partition coefficient (Wildman–Crippen LogP) is 4.04. The first kappa shape index (κ1) is 14.1. The Hall–Kier alpha value is -2.29. The average Bonchev–Trinajstić information content (AvgIpc) is 2.48. The number of hydrogen-bond donors (Lipinski definition) is 2. The van der Waals surface area contributed by atoms with Crippen molar-refractivity contribution in [1.82, 2.24) is 0 Å². The van der Waals surface area contributed by atoms with E-state index in [1.165, 1.54) is 5.56 Å². The van der Waals surface area contributed by atoms with Crippen LogP contribution in [0.15, 0.2) is 54.6 Å². The summed E-state index contributed by atoms with van der Waals surface area (Å²) in [6.45, 7) is 2.79. The molecule has 0 aliphatic heterocycles. The fourth-order valence-electron chi connectivity index (χ4n) is 1.92. The van der Waals surface area contributed by atoms with Crippen molar-refractivity contribution in [3.63, 3.8) is 0 Å². The number of benzene rings is 2. The number of hydrogen-bond acceptors (Lipinski definition) is 2. The SMILES string of the molecule is CCCC(=O)Nc1ccc(NCc2ccccc2)cc1. The van der Waals surface area contributed by atoms with E-state index in [-0.39, 0.29) is 5.91 Å². The van der Waals surface area contributed by atoms with Gasteiger partial charge < -0.3 is 10.6 Å². The largest absolute Gasteiger partial charge is 0.381 e. The molecule has 0 aliphatic rings. The summed E-state index contributed by atoms with van der Waals surface area (Å²) < 4.78 is 0. The Labute approximate surface area is 120 Å². The van der Waals surface area contributed by atoms with Gasteiger partial charge in [-0.3, -0.25) is 4.79 Å². The van der Waals surface area contributed by atoms with Gasteiger partial charge in [0.25, 0.3) is 0 Å². The first-order chi connectivity index (χ1) is 9.78. The third kappa shape index (κ3) is 4.43. The topological polar surface area (TPSA) is 41.1 Å². The van der Waals surface area contributed by atoms with Crippen molar-refractivity contribution in [2.75, 3.05) is 10.6 Å². The Morgan fingerprint density at radius 1 is 0.950 bits per heavy atom. The maximum atomic E-state index is 11.5. The normalized spacial score (nSPS) is 10.1. The molecule has 3 heteroatoms. The molecule has 0 atom stereocenters. The molecule has 0 heterocycles. The van der Waals surface area contributed by atoms with Gasteiger partial charge >= 0.3 is 0 Å². The highest BCUT2D eigenvalue weighted by Crippen LogP contribution is 2.15. The van der Waals surface area contributed by atoms with E-state index >= 15 is 0 Å². The van der Waals surface area contributed by atoms with Gasteiger partial charge in [-0.2, -0.15) is 0 Å². The summed E-state index contributed by atoms with van der Waals surface area (Å²) in [5.74, 6) is 0.0671. The summed E-state index contributed by atoms with van der Waals surface area (Å²) in [7, 11) is 0. The van der Waals surface area contributed by atoms with Crippen molar-refractivity contribution in [3.8, 4) is 0 Å². The zero-order valence-corrected chi connectivity index (χ0v) is 11.7. The van der Waals surface area contributed by atoms with Gasteiger partial charge in [0, 0.05) is 24.3 Å². The van der Waals surface area contributed by atoms with Gasteiger partial charge in [-0.25, -0.2) is 0 Å². The smallest absolute Gasteiger partial charge is 0.224 e. The van der Waals surface area contributed by atoms with Gasteiger partial charge in [0.15, 0.2) is 0 Å². The van der Waals surface area contributed by atoms with E-state index in [1.807, 2.05) is 49.4 Å². The Kier molecular flexibility index (Phi) is 5.18. The third-order valence-electron chi connectivity index (χ3n) is 2.99. The van der Waals surface area contributed by atoms with E-state index in [4.69, 9.17) is 0 Å². The van der Waals surface area contributed by atoms with Crippen molar-refractivity contribution in [1.29, 1.82) is 0 Å². The summed E-state index contributed by atoms with van der Waals surface area (Å²) in [6.07, 6.45) is 1.43. The summed E-state index contributed by atoms with van der Waals surface area (Å²) in [4.78, 5) is 11.5. The fourth-order valence-corrected chi connectivity index (χ4v) is 1.92. The first-order valence-corrected chi connectivity index (χ1v) is 6.95. The van der Waals surface area contributed by atoms with Crippen molar-refractivity contribution < 1.29 is 4.79 Å². The molecular formula is C17H20N2O. The summed E-state index contributed by atoms with van der Waals surface area (Å²) >= 11 is 0. The van der Waals surface area contributed by atoms with Crippen LogP contribution in [0.25, 0.3) is 0 Å². The molecule has 0 unspecified atom stereocenters. The summed E-state index contributed by atoms with van der Waals surface area (Å²) in [5, 5.41) is 6.23. The van der Waals surface area contributed by atoms with E-state index in [2.05, 4.69) is 22.8 Å². The second kappa shape index (κ2) is 7.34. The highest BCUT2D eigenvalue weighted by atomic mass is 16.1. The molecule has 0 aromatic heterocycles. The van der Waals surface area contributed by atoms with Crippen LogP contribution in [0.4, 0.5) is 11.4 Å². The van der Waals surface area contributed by atoms with Crippen LogP contribution in [0.5, 0.6) is 0 Å². The molecule has 1 amide bonds. The highest BCUT2D eigenvalue weighted by molar-refractivity contribution is 5.90. The summed E-state index contributed by atoms with van der Waals surface area (Å²) in [5.41, 5.74) is 3.13. The zero-order chi connectivity index (χ0) is 14.2. The first-order valence-electron chi connectivity index (χ1n) is 6.95. The van der Waals surface area contributed by atoms with Crippen LogP contribution >= 0.6 is 0 Å². The van der Waals surface area contributed by atoms with Crippen LogP contribution < -0.4 is 10.6 Å². The molecule has 2 rings (SSSR count). The number of carbonyl (C=O) groups is 1. The minimum atomic E-state index is 0.0671. The Bertz CT molecular complexity index is 535. The van der Waals surface area contributed by atoms with Crippen LogP contribution in [0.2, 0.25) is 0 Å². The molecule has 104 valence electrons. The third-order valence-corrected chi connectivity index (χ3v) is 2.99. The minimum absolute atomic E-state index is 0.0671. The molecule has 3 nitrogen and oxygen atoms in total. The van der Waals surface area contributed by atoms with Crippen LogP contribution in [-0.4, -0.2) is 5.91 Å². The van der Waals surface area contributed by atoms with Crippen LogP contribution in [0, 0.1) is 0 Å². The monoisotopic (exact) mass is 268 g/mol. The molecule has 2 aromatic rings. The lowest BCUT2D eigenvalue weighted by Gasteiger charge is -2.08. The average molecular weight is 268 g/mol. The standard InChI is InChI=1S/C17H20N2O/c1-2-6-17(20)19-16-11-9-15(10-12-16)18-13-14-7-4-3-5-8-14/h3-5,7-12,18H,2,6,13H2,1H3,(H,19,20). The number of rotatable bonds is 6. The Morgan fingerprint density at radius 2 is 1.60 bits per heavy atom. The molecule has 0 bridgehead atoms. The fraction of sp³-hybridized carbons (Fsp3) is 0.235. The summed E-state index contributed by atoms with van der Waals surface area (Å²) in [6, 6.07) is 18.0. The molecule has 0 fully saturated rings. The van der Waals surface area contributed by atoms with Crippen molar-refractivity contribution in [2.24, 2.45) is 0 Å². The molecule has 2 aromatic carbocycles. The quantitative estimate of drug-likeness (QED) is 0.830. The molecule has 0 aliphatic carbocycles. The molecular weight excluding hydrogens is 248 g/mol. The van der Waals surface area contributed by atoms with E-state index < -0.39 is 0 Å². The number of amides is 1. The minimum Gasteiger partial charge on any atom is -0.381 e. The van der Waals surface area contributed by atoms with Gasteiger partial charge in [0.05, 0.1) is 0 Å². The maximum absolute atomic E-state index is 11.5. The lowest BCUT2D eigenvalue weighted by molar-refractivity contribution is -0.116. The number of anilines is 2. The second-order valence-corrected chi connectivity index (χ2v) is 4.71. The second-order valence-electron chi connectivity index (χ2n) is 4.71.